The number of carboxylic acids is 1. The second-order valence-electron chi connectivity index (χ2n) is 8.89. The minimum Gasteiger partial charge on any atom is -0.478 e. The van der Waals surface area contributed by atoms with E-state index in [0.29, 0.717) is 42.2 Å². The number of carboxylic acid groups (broad SMARTS) is 1. The van der Waals surface area contributed by atoms with Crippen LogP contribution in [0, 0.1) is 0 Å². The number of halogens is 1. The van der Waals surface area contributed by atoms with E-state index in [0.717, 1.165) is 5.56 Å². The minimum absolute atomic E-state index is 0.0577. The Morgan fingerprint density at radius 1 is 0.974 bits per heavy atom. The molecule has 9 nitrogen and oxygen atoms in total. The van der Waals surface area contributed by atoms with Gasteiger partial charge >= 0.3 is 17.8 Å². The van der Waals surface area contributed by atoms with E-state index in [2.05, 4.69) is 16.0 Å². The maximum absolute atomic E-state index is 12.9. The van der Waals surface area contributed by atoms with E-state index < -0.39 is 23.8 Å². The van der Waals surface area contributed by atoms with Gasteiger partial charge in [-0.3, -0.25) is 14.4 Å². The van der Waals surface area contributed by atoms with Gasteiger partial charge in [-0.2, -0.15) is 0 Å². The molecule has 1 atom stereocenters. The quantitative estimate of drug-likeness (QED) is 0.308. The summed E-state index contributed by atoms with van der Waals surface area (Å²) in [5.41, 5.74) is 2.57. The molecule has 1 heterocycles. The average Bonchev–Trinajstić information content (AvgIpc) is 3.33. The zero-order valence-corrected chi connectivity index (χ0v) is 21.2. The van der Waals surface area contributed by atoms with Crippen molar-refractivity contribution in [2.75, 3.05) is 28.6 Å². The lowest BCUT2D eigenvalue weighted by Gasteiger charge is -2.22. The molecule has 0 saturated carbocycles. The Bertz CT molecular complexity index is 1330. The number of aromatic carboxylic acids is 1. The molecule has 196 valence electrons. The summed E-state index contributed by atoms with van der Waals surface area (Å²) in [5.74, 6) is -2.80. The van der Waals surface area contributed by atoms with Crippen LogP contribution in [0.3, 0.4) is 0 Å². The maximum atomic E-state index is 12.9. The molecule has 38 heavy (non-hydrogen) atoms. The lowest BCUT2D eigenvalue weighted by atomic mass is 10.1. The number of hydrogen-bond donors (Lipinski definition) is 4. The number of nitrogens with one attached hydrogen (secondary N) is 3. The first-order valence-electron chi connectivity index (χ1n) is 12.1. The smallest absolute Gasteiger partial charge is 0.335 e. The van der Waals surface area contributed by atoms with Crippen molar-refractivity contribution in [2.45, 2.75) is 25.3 Å². The van der Waals surface area contributed by atoms with Crippen molar-refractivity contribution in [1.82, 2.24) is 5.32 Å². The topological polar surface area (TPSA) is 128 Å². The summed E-state index contributed by atoms with van der Waals surface area (Å²) in [5, 5.41) is 18.0. The van der Waals surface area contributed by atoms with E-state index in [4.69, 9.17) is 16.7 Å². The number of amides is 3. The second kappa shape index (κ2) is 12.2. The molecule has 0 aliphatic carbocycles. The fourth-order valence-corrected chi connectivity index (χ4v) is 4.39. The van der Waals surface area contributed by atoms with Gasteiger partial charge in [0.2, 0.25) is 5.91 Å². The summed E-state index contributed by atoms with van der Waals surface area (Å²) in [4.78, 5) is 50.7. The van der Waals surface area contributed by atoms with Gasteiger partial charge in [-0.25, -0.2) is 4.79 Å². The molecule has 4 N–H and O–H groups in total. The zero-order valence-electron chi connectivity index (χ0n) is 20.4. The highest BCUT2D eigenvalue weighted by Crippen LogP contribution is 2.32. The highest BCUT2D eigenvalue weighted by molar-refractivity contribution is 6.40. The van der Waals surface area contributed by atoms with Crippen LogP contribution in [0.1, 0.15) is 28.8 Å². The fourth-order valence-electron chi connectivity index (χ4n) is 4.22. The van der Waals surface area contributed by atoms with Crippen molar-refractivity contribution in [1.29, 1.82) is 0 Å². The van der Waals surface area contributed by atoms with Gasteiger partial charge in [0, 0.05) is 30.2 Å². The minimum atomic E-state index is -1.02. The number of carbonyl (C=O) groups is 4. The number of benzene rings is 3. The number of hydrogen-bond acceptors (Lipinski definition) is 5. The summed E-state index contributed by atoms with van der Waals surface area (Å²) in [6.07, 6.45) is 1.58. The Morgan fingerprint density at radius 3 is 2.37 bits per heavy atom. The lowest BCUT2D eigenvalue weighted by molar-refractivity contribution is -0.136. The number of carbonyl (C=O) groups excluding carboxylic acids is 3. The largest absolute Gasteiger partial charge is 0.478 e. The second-order valence-corrected chi connectivity index (χ2v) is 9.32. The molecule has 0 radical (unpaired) electrons. The molecule has 3 aromatic rings. The maximum Gasteiger partial charge on any atom is 0.335 e. The van der Waals surface area contributed by atoms with Crippen LogP contribution in [0.15, 0.2) is 72.8 Å². The molecule has 1 aliphatic rings. The zero-order chi connectivity index (χ0) is 27.1. The van der Waals surface area contributed by atoms with Gasteiger partial charge in [0.05, 0.1) is 23.0 Å². The van der Waals surface area contributed by atoms with Gasteiger partial charge < -0.3 is 26.0 Å². The number of nitrogens with zero attached hydrogens (tertiary/aromatic N) is 1. The summed E-state index contributed by atoms with van der Waals surface area (Å²) in [6, 6.07) is 20.1. The highest BCUT2D eigenvalue weighted by Gasteiger charge is 2.26. The lowest BCUT2D eigenvalue weighted by Crippen LogP contribution is -2.46. The van der Waals surface area contributed by atoms with Crippen LogP contribution in [-0.4, -0.2) is 47.9 Å². The van der Waals surface area contributed by atoms with Crippen molar-refractivity contribution in [3.05, 3.63) is 88.9 Å². The molecule has 4 rings (SSSR count). The molecular weight excluding hydrogens is 508 g/mol. The summed E-state index contributed by atoms with van der Waals surface area (Å²) in [7, 11) is 0. The van der Waals surface area contributed by atoms with Crippen molar-refractivity contribution < 1.29 is 24.3 Å². The van der Waals surface area contributed by atoms with Crippen LogP contribution >= 0.6 is 11.6 Å². The van der Waals surface area contributed by atoms with Crippen LogP contribution in [0.2, 0.25) is 5.02 Å². The highest BCUT2D eigenvalue weighted by atomic mass is 35.5. The Kier molecular flexibility index (Phi) is 8.60. The summed E-state index contributed by atoms with van der Waals surface area (Å²) in [6.45, 7) is 0.804. The normalized spacial score (nSPS) is 13.6. The van der Waals surface area contributed by atoms with Gasteiger partial charge in [-0.1, -0.05) is 41.9 Å². The van der Waals surface area contributed by atoms with Crippen molar-refractivity contribution in [2.24, 2.45) is 0 Å². The van der Waals surface area contributed by atoms with Crippen LogP contribution in [0.5, 0.6) is 0 Å². The SMILES string of the molecule is O=C(Nc1cc(Cl)ccc1N1CCCC1=O)C(=O)N[C@H](CNc1ccc(C(=O)O)cc1)Cc1ccccc1. The third-order valence-electron chi connectivity index (χ3n) is 6.12. The van der Waals surface area contributed by atoms with Gasteiger partial charge in [0.25, 0.3) is 0 Å². The van der Waals surface area contributed by atoms with Crippen molar-refractivity contribution in [3.63, 3.8) is 0 Å². The van der Waals surface area contributed by atoms with Crippen LogP contribution in [0.4, 0.5) is 17.1 Å². The van der Waals surface area contributed by atoms with Crippen LogP contribution in [0.25, 0.3) is 0 Å². The monoisotopic (exact) mass is 534 g/mol. The Balaban J connectivity index is 1.45. The fraction of sp³-hybridized carbons (Fsp3) is 0.214. The molecular formula is C28H27ClN4O5. The molecule has 0 bridgehead atoms. The van der Waals surface area contributed by atoms with E-state index >= 15 is 0 Å². The molecule has 1 fully saturated rings. The van der Waals surface area contributed by atoms with Crippen LogP contribution in [-0.2, 0) is 20.8 Å². The molecule has 1 saturated heterocycles. The third kappa shape index (κ3) is 6.89. The third-order valence-corrected chi connectivity index (χ3v) is 6.36. The van der Waals surface area contributed by atoms with Gasteiger partial charge in [0.15, 0.2) is 0 Å². The first-order valence-corrected chi connectivity index (χ1v) is 12.5. The van der Waals surface area contributed by atoms with Crippen molar-refractivity contribution in [3.8, 4) is 0 Å². The molecule has 10 heteroatoms. The van der Waals surface area contributed by atoms with Crippen molar-refractivity contribution >= 4 is 52.4 Å². The average molecular weight is 535 g/mol. The Hall–Kier alpha value is -4.37. The van der Waals surface area contributed by atoms with E-state index in [9.17, 15) is 19.2 Å². The predicted molar refractivity (Wildman–Crippen MR) is 146 cm³/mol. The van der Waals surface area contributed by atoms with Gasteiger partial charge in [-0.05, 0) is 60.9 Å². The summed E-state index contributed by atoms with van der Waals surface area (Å²) >= 11 is 6.13. The van der Waals surface area contributed by atoms with E-state index in [-0.39, 0.29) is 23.7 Å². The number of anilines is 3. The standard InChI is InChI=1S/C28H27ClN4O5/c29-20-10-13-24(33-14-4-7-25(33)34)23(16-20)32-27(36)26(35)31-22(15-18-5-2-1-3-6-18)17-30-21-11-8-19(9-12-21)28(37)38/h1-3,5-6,8-13,16,22,30H,4,7,14-15,17H2,(H,31,35)(H,32,36)(H,37,38)/t22-/m0/s1. The molecule has 1 aliphatic heterocycles. The molecule has 3 aromatic carbocycles. The van der Waals surface area contributed by atoms with Crippen LogP contribution < -0.4 is 20.9 Å². The molecule has 0 spiro atoms. The number of rotatable bonds is 9. The molecule has 3 amide bonds. The first-order chi connectivity index (χ1) is 18.3. The van der Waals surface area contributed by atoms with E-state index in [1.165, 1.54) is 18.2 Å². The predicted octanol–water partition coefficient (Wildman–Crippen LogP) is 3.94. The van der Waals surface area contributed by atoms with Gasteiger partial charge in [-0.15, -0.1) is 0 Å². The van der Waals surface area contributed by atoms with E-state index in [1.807, 2.05) is 30.3 Å². The first kappa shape index (κ1) is 26.7. The summed E-state index contributed by atoms with van der Waals surface area (Å²) < 4.78 is 0. The Labute approximate surface area is 224 Å². The van der Waals surface area contributed by atoms with Gasteiger partial charge in [0.1, 0.15) is 0 Å². The Morgan fingerprint density at radius 2 is 1.71 bits per heavy atom. The van der Waals surface area contributed by atoms with E-state index in [1.54, 1.807) is 29.2 Å². The molecule has 0 aromatic heterocycles. The molecule has 0 unspecified atom stereocenters.